The minimum Gasteiger partial charge on any atom is 0 e. The molecule has 0 bridgehead atoms. The van der Waals surface area contributed by atoms with Gasteiger partial charge in [-0.2, -0.15) is 0 Å². The second-order valence-electron chi connectivity index (χ2n) is 1.20. The van der Waals surface area contributed by atoms with Crippen molar-refractivity contribution in [1.82, 2.24) is 0 Å². The number of hydrogen-bond donors (Lipinski definition) is 0. The molecule has 0 saturated heterocycles. The fourth-order valence-electron chi connectivity index (χ4n) is 0.405. The maximum absolute atomic E-state index is 4.93. The molecule has 0 aromatic heterocycles. The Morgan fingerprint density at radius 1 is 1.57 bits per heavy atom. The second-order valence-corrected chi connectivity index (χ2v) is 1.80. The zero-order chi connectivity index (χ0) is 4.41. The number of rotatable bonds is 0. The average molecular weight is 160 g/mol. The van der Waals surface area contributed by atoms with Gasteiger partial charge in [0.1, 0.15) is 0 Å². The third-order valence-corrected chi connectivity index (χ3v) is 1.05. The summed E-state index contributed by atoms with van der Waals surface area (Å²) < 4.78 is 1.03. The Morgan fingerprint density at radius 3 is 2.43 bits per heavy atom. The SMILES string of the molecule is [Cu][C]1=CC=CC1.[P]. The fraction of sp³-hybridized carbons (Fsp3) is 0.200. The first-order chi connectivity index (χ1) is 2.89. The van der Waals surface area contributed by atoms with Gasteiger partial charge in [0.2, 0.25) is 0 Å². The Balaban J connectivity index is 0.000000360. The first-order valence-electron chi connectivity index (χ1n) is 1.87. The summed E-state index contributed by atoms with van der Waals surface area (Å²) in [4.78, 5) is 0. The van der Waals surface area contributed by atoms with E-state index in [0.29, 0.717) is 0 Å². The van der Waals surface area contributed by atoms with Gasteiger partial charge in [-0.05, 0) is 0 Å². The van der Waals surface area contributed by atoms with Crippen molar-refractivity contribution >= 4 is 9.90 Å². The van der Waals surface area contributed by atoms with E-state index >= 15 is 0 Å². The second kappa shape index (κ2) is 3.43. The molecule has 0 spiro atoms. The minimum atomic E-state index is 0. The average Bonchev–Trinajstić information content (AvgIpc) is 1.86. The summed E-state index contributed by atoms with van der Waals surface area (Å²) in [6.07, 6.45) is 6.95. The first kappa shape index (κ1) is 7.43. The molecule has 2 heteroatoms. The first-order valence-corrected chi connectivity index (χ1v) is 2.34. The molecule has 0 aromatic carbocycles. The number of allylic oxidation sites excluding steroid dienone is 4. The minimum absolute atomic E-state index is 0. The molecular weight excluding hydrogens is 155 g/mol. The van der Waals surface area contributed by atoms with Gasteiger partial charge in [-0.3, -0.25) is 0 Å². The molecule has 3 radical (unpaired) electrons. The molecule has 0 fully saturated rings. The topological polar surface area (TPSA) is 0 Å². The number of hydrogen-bond acceptors (Lipinski definition) is 0. The van der Waals surface area contributed by atoms with E-state index in [1.165, 1.54) is 0 Å². The van der Waals surface area contributed by atoms with E-state index in [1.807, 2.05) is 12.2 Å². The third-order valence-electron chi connectivity index (χ3n) is 0.698. The van der Waals surface area contributed by atoms with Crippen LogP contribution in [0, 0.1) is 0 Å². The van der Waals surface area contributed by atoms with Gasteiger partial charge in [-0.15, -0.1) is 0 Å². The predicted molar refractivity (Wildman–Crippen MR) is 28.8 cm³/mol. The van der Waals surface area contributed by atoms with Crippen LogP contribution in [0.2, 0.25) is 0 Å². The molecule has 0 aromatic rings. The van der Waals surface area contributed by atoms with Gasteiger partial charge in [-0.1, -0.05) is 0 Å². The summed E-state index contributed by atoms with van der Waals surface area (Å²) >= 11 is 4.93. The van der Waals surface area contributed by atoms with Crippen molar-refractivity contribution in [3.05, 3.63) is 22.7 Å². The maximum Gasteiger partial charge on any atom is 0 e. The Bertz CT molecular complexity index is 105. The summed E-state index contributed by atoms with van der Waals surface area (Å²) in [6, 6.07) is 0. The van der Waals surface area contributed by atoms with Gasteiger partial charge in [0.15, 0.2) is 0 Å². The van der Waals surface area contributed by atoms with E-state index in [4.69, 9.17) is 16.0 Å². The molecule has 0 saturated carbocycles. The molecule has 0 unspecified atom stereocenters. The van der Waals surface area contributed by atoms with Crippen LogP contribution in [0.1, 0.15) is 6.42 Å². The summed E-state index contributed by atoms with van der Waals surface area (Å²) in [5.74, 6) is 0. The van der Waals surface area contributed by atoms with E-state index in [2.05, 4.69) is 6.08 Å². The summed E-state index contributed by atoms with van der Waals surface area (Å²) in [7, 11) is 0. The van der Waals surface area contributed by atoms with Crippen molar-refractivity contribution < 1.29 is 16.0 Å². The molecule has 7 heavy (non-hydrogen) atoms. The van der Waals surface area contributed by atoms with Crippen LogP contribution in [0.15, 0.2) is 22.7 Å². The normalized spacial score (nSPS) is 16.0. The van der Waals surface area contributed by atoms with Crippen LogP contribution < -0.4 is 0 Å². The molecule has 0 heterocycles. The van der Waals surface area contributed by atoms with E-state index in [9.17, 15) is 0 Å². The summed E-state index contributed by atoms with van der Waals surface area (Å²) in [5.41, 5.74) is 0. The zero-order valence-corrected chi connectivity index (χ0v) is 5.52. The van der Waals surface area contributed by atoms with Crippen LogP contribution in [0.3, 0.4) is 0 Å². The van der Waals surface area contributed by atoms with Crippen LogP contribution in [0.25, 0.3) is 0 Å². The Labute approximate surface area is 55.5 Å². The molecular formula is C5H5CuP. The molecule has 1 rings (SSSR count). The molecule has 1 aliphatic rings. The molecule has 0 nitrogen and oxygen atoms in total. The van der Waals surface area contributed by atoms with Crippen molar-refractivity contribution in [2.75, 3.05) is 0 Å². The zero-order valence-electron chi connectivity index (χ0n) is 3.69. The largest absolute Gasteiger partial charge is 0 e. The van der Waals surface area contributed by atoms with Crippen LogP contribution in [-0.4, -0.2) is 0 Å². The van der Waals surface area contributed by atoms with Gasteiger partial charge >= 0.3 is 45.1 Å². The van der Waals surface area contributed by atoms with Gasteiger partial charge in [0, 0.05) is 9.90 Å². The molecule has 0 atom stereocenters. The van der Waals surface area contributed by atoms with E-state index in [-0.39, 0.29) is 9.90 Å². The molecule has 0 amide bonds. The Hall–Kier alpha value is 0.429. The van der Waals surface area contributed by atoms with Gasteiger partial charge < -0.3 is 0 Å². The maximum atomic E-state index is 4.93. The van der Waals surface area contributed by atoms with Crippen molar-refractivity contribution in [1.29, 1.82) is 0 Å². The molecule has 41 valence electrons. The van der Waals surface area contributed by atoms with Crippen LogP contribution in [0.5, 0.6) is 0 Å². The standard InChI is InChI=1S/C5H5.Cu.P/c1-2-4-5-3-1;;/h1-3H,4H2;;. The Kier molecular flexibility index (Phi) is 3.64. The van der Waals surface area contributed by atoms with Gasteiger partial charge in [0.25, 0.3) is 0 Å². The monoisotopic (exact) mass is 159 g/mol. The third kappa shape index (κ3) is 2.29. The van der Waals surface area contributed by atoms with Gasteiger partial charge in [0.05, 0.1) is 0 Å². The molecule has 0 N–H and O–H groups in total. The van der Waals surface area contributed by atoms with Crippen molar-refractivity contribution in [3.8, 4) is 0 Å². The van der Waals surface area contributed by atoms with E-state index in [1.54, 1.807) is 0 Å². The quantitative estimate of drug-likeness (QED) is 0.376. The van der Waals surface area contributed by atoms with Crippen LogP contribution in [0.4, 0.5) is 0 Å². The predicted octanol–water partition coefficient (Wildman–Crippen LogP) is 2.24. The summed E-state index contributed by atoms with van der Waals surface area (Å²) in [6.45, 7) is 0. The molecule has 1 aliphatic carbocycles. The van der Waals surface area contributed by atoms with Crippen molar-refractivity contribution in [3.63, 3.8) is 0 Å². The van der Waals surface area contributed by atoms with Gasteiger partial charge in [-0.25, -0.2) is 0 Å². The van der Waals surface area contributed by atoms with E-state index < -0.39 is 0 Å². The Morgan fingerprint density at radius 2 is 2.29 bits per heavy atom. The fourth-order valence-corrected chi connectivity index (χ4v) is 0.606. The van der Waals surface area contributed by atoms with Crippen molar-refractivity contribution in [2.45, 2.75) is 6.42 Å². The summed E-state index contributed by atoms with van der Waals surface area (Å²) in [5, 5.41) is 0. The van der Waals surface area contributed by atoms with Crippen molar-refractivity contribution in [2.24, 2.45) is 0 Å². The molecule has 0 aliphatic heterocycles. The van der Waals surface area contributed by atoms with Crippen LogP contribution >= 0.6 is 9.90 Å². The van der Waals surface area contributed by atoms with Crippen LogP contribution in [-0.2, 0) is 16.0 Å². The smallest absolute Gasteiger partial charge is 0 e. The van der Waals surface area contributed by atoms with E-state index in [0.717, 1.165) is 10.9 Å².